The van der Waals surface area contributed by atoms with E-state index in [4.69, 9.17) is 14.6 Å². The second kappa shape index (κ2) is 6.79. The highest BCUT2D eigenvalue weighted by Crippen LogP contribution is 2.28. The maximum absolute atomic E-state index is 10.9. The van der Waals surface area contributed by atoms with Gasteiger partial charge in [0.1, 0.15) is 6.61 Å². The Kier molecular flexibility index (Phi) is 4.82. The monoisotopic (exact) mass is 286 g/mol. The zero-order valence-electron chi connectivity index (χ0n) is 12.1. The van der Waals surface area contributed by atoms with Gasteiger partial charge < -0.3 is 14.6 Å². The average Bonchev–Trinajstić information content (AvgIpc) is 2.46. The third kappa shape index (κ3) is 4.24. The number of carbonyl (C=O) groups is 1. The van der Waals surface area contributed by atoms with Gasteiger partial charge in [0.2, 0.25) is 0 Å². The van der Waals surface area contributed by atoms with Crippen LogP contribution in [-0.2, 0) is 6.61 Å². The minimum absolute atomic E-state index is 0.0603. The molecule has 0 unspecified atom stereocenters. The average molecular weight is 286 g/mol. The van der Waals surface area contributed by atoms with Gasteiger partial charge in [-0.25, -0.2) is 4.79 Å². The molecule has 0 aromatic heterocycles. The van der Waals surface area contributed by atoms with Crippen LogP contribution in [0.5, 0.6) is 11.5 Å². The fraction of sp³-hybridized carbons (Fsp3) is 0.235. The Bertz CT molecular complexity index is 620. The number of ether oxygens (including phenoxy) is 2. The van der Waals surface area contributed by atoms with Crippen LogP contribution < -0.4 is 9.47 Å². The van der Waals surface area contributed by atoms with Gasteiger partial charge in [-0.05, 0) is 43.7 Å². The van der Waals surface area contributed by atoms with Gasteiger partial charge in [0.25, 0.3) is 0 Å². The summed E-state index contributed by atoms with van der Waals surface area (Å²) in [5.41, 5.74) is 1.05. The predicted octanol–water partition coefficient (Wildman–Crippen LogP) is 3.75. The Morgan fingerprint density at radius 2 is 1.81 bits per heavy atom. The van der Waals surface area contributed by atoms with Crippen LogP contribution in [0.15, 0.2) is 48.5 Å². The summed E-state index contributed by atoms with van der Waals surface area (Å²) in [5.74, 6) is 0.384. The van der Waals surface area contributed by atoms with E-state index in [-0.39, 0.29) is 11.7 Å². The smallest absolute Gasteiger partial charge is 0.335 e. The summed E-state index contributed by atoms with van der Waals surface area (Å²) in [6.07, 6.45) is 0.0603. The molecule has 0 aliphatic rings. The molecule has 0 saturated carbocycles. The number of carboxylic acid groups (broad SMARTS) is 1. The van der Waals surface area contributed by atoms with E-state index < -0.39 is 5.97 Å². The Labute approximate surface area is 123 Å². The van der Waals surface area contributed by atoms with E-state index in [2.05, 4.69) is 0 Å². The zero-order chi connectivity index (χ0) is 15.2. The molecular weight excluding hydrogens is 268 g/mol. The van der Waals surface area contributed by atoms with Crippen molar-refractivity contribution in [3.63, 3.8) is 0 Å². The third-order valence-corrected chi connectivity index (χ3v) is 2.78. The lowest BCUT2D eigenvalue weighted by Crippen LogP contribution is -2.07. The molecule has 110 valence electrons. The van der Waals surface area contributed by atoms with Crippen molar-refractivity contribution in [3.8, 4) is 11.5 Å². The van der Waals surface area contributed by atoms with Gasteiger partial charge in [-0.1, -0.05) is 24.3 Å². The largest absolute Gasteiger partial charge is 0.487 e. The van der Waals surface area contributed by atoms with E-state index in [9.17, 15) is 4.79 Å². The Morgan fingerprint density at radius 3 is 2.48 bits per heavy atom. The first-order valence-electron chi connectivity index (χ1n) is 6.77. The summed E-state index contributed by atoms with van der Waals surface area (Å²) in [4.78, 5) is 10.9. The molecule has 0 heterocycles. The number of rotatable bonds is 6. The van der Waals surface area contributed by atoms with Crippen LogP contribution >= 0.6 is 0 Å². The normalized spacial score (nSPS) is 10.4. The molecule has 0 aliphatic heterocycles. The fourth-order valence-corrected chi connectivity index (χ4v) is 1.88. The van der Waals surface area contributed by atoms with Crippen molar-refractivity contribution in [1.29, 1.82) is 0 Å². The molecule has 0 aliphatic carbocycles. The van der Waals surface area contributed by atoms with Crippen LogP contribution in [0.25, 0.3) is 0 Å². The van der Waals surface area contributed by atoms with Crippen molar-refractivity contribution in [2.75, 3.05) is 0 Å². The number of hydrogen-bond donors (Lipinski definition) is 1. The number of carboxylic acids is 1. The van der Waals surface area contributed by atoms with Crippen molar-refractivity contribution < 1.29 is 19.4 Å². The molecule has 0 amide bonds. The van der Waals surface area contributed by atoms with Crippen LogP contribution in [0, 0.1) is 0 Å². The molecule has 2 aromatic rings. The second-order valence-electron chi connectivity index (χ2n) is 4.91. The highest BCUT2D eigenvalue weighted by atomic mass is 16.5. The molecule has 2 rings (SSSR count). The number of aromatic carboxylic acids is 1. The number of hydrogen-bond acceptors (Lipinski definition) is 3. The molecular formula is C17H18O4. The Morgan fingerprint density at radius 1 is 1.10 bits per heavy atom. The third-order valence-electron chi connectivity index (χ3n) is 2.78. The van der Waals surface area contributed by atoms with Crippen molar-refractivity contribution in [1.82, 2.24) is 0 Å². The van der Waals surface area contributed by atoms with Crippen LogP contribution in [0.4, 0.5) is 0 Å². The maximum Gasteiger partial charge on any atom is 0.335 e. The second-order valence-corrected chi connectivity index (χ2v) is 4.91. The molecule has 0 bridgehead atoms. The summed E-state index contributed by atoms with van der Waals surface area (Å²) in [7, 11) is 0. The molecule has 0 radical (unpaired) electrons. The van der Waals surface area contributed by atoms with E-state index in [1.54, 1.807) is 18.2 Å². The molecule has 1 N–H and O–H groups in total. The lowest BCUT2D eigenvalue weighted by atomic mass is 10.1. The van der Waals surface area contributed by atoms with E-state index in [0.29, 0.717) is 18.1 Å². The van der Waals surface area contributed by atoms with Crippen molar-refractivity contribution in [3.05, 3.63) is 59.7 Å². The summed E-state index contributed by atoms with van der Waals surface area (Å²) in [6.45, 7) is 4.19. The topological polar surface area (TPSA) is 55.8 Å². The van der Waals surface area contributed by atoms with E-state index in [1.807, 2.05) is 44.2 Å². The summed E-state index contributed by atoms with van der Waals surface area (Å²) in [5, 5.41) is 8.98. The summed E-state index contributed by atoms with van der Waals surface area (Å²) < 4.78 is 11.4. The van der Waals surface area contributed by atoms with Crippen molar-refractivity contribution in [2.24, 2.45) is 0 Å². The molecule has 0 fully saturated rings. The number of benzene rings is 2. The minimum Gasteiger partial charge on any atom is -0.487 e. The first-order chi connectivity index (χ1) is 10.1. The van der Waals surface area contributed by atoms with E-state index in [0.717, 1.165) is 5.56 Å². The zero-order valence-corrected chi connectivity index (χ0v) is 12.1. The highest BCUT2D eigenvalue weighted by Gasteiger charge is 2.07. The molecule has 0 atom stereocenters. The minimum atomic E-state index is -0.944. The van der Waals surface area contributed by atoms with Crippen LogP contribution in [-0.4, -0.2) is 17.2 Å². The SMILES string of the molecule is CC(C)Oc1ccccc1OCc1cccc(C(=O)O)c1. The number of para-hydroxylation sites is 2. The molecule has 0 spiro atoms. The molecule has 4 heteroatoms. The summed E-state index contributed by atoms with van der Waals surface area (Å²) >= 11 is 0. The van der Waals surface area contributed by atoms with Crippen molar-refractivity contribution >= 4 is 5.97 Å². The Balaban J connectivity index is 2.09. The van der Waals surface area contributed by atoms with Crippen LogP contribution in [0.1, 0.15) is 29.8 Å². The lowest BCUT2D eigenvalue weighted by molar-refractivity contribution is 0.0696. The maximum atomic E-state index is 10.9. The Hall–Kier alpha value is -2.49. The van der Waals surface area contributed by atoms with Gasteiger partial charge in [-0.2, -0.15) is 0 Å². The standard InChI is InChI=1S/C17H18O4/c1-12(2)21-16-9-4-3-8-15(16)20-11-13-6-5-7-14(10-13)17(18)19/h3-10,12H,11H2,1-2H3,(H,18,19). The molecule has 21 heavy (non-hydrogen) atoms. The van der Waals surface area contributed by atoms with Gasteiger partial charge in [0.05, 0.1) is 11.7 Å². The van der Waals surface area contributed by atoms with Crippen LogP contribution in [0.2, 0.25) is 0 Å². The fourth-order valence-electron chi connectivity index (χ4n) is 1.88. The first-order valence-corrected chi connectivity index (χ1v) is 6.77. The van der Waals surface area contributed by atoms with Gasteiger partial charge >= 0.3 is 5.97 Å². The first kappa shape index (κ1) is 14.9. The molecule has 0 saturated heterocycles. The molecule has 4 nitrogen and oxygen atoms in total. The van der Waals surface area contributed by atoms with Gasteiger partial charge in [-0.15, -0.1) is 0 Å². The lowest BCUT2D eigenvalue weighted by Gasteiger charge is -2.14. The highest BCUT2D eigenvalue weighted by molar-refractivity contribution is 5.87. The van der Waals surface area contributed by atoms with Gasteiger partial charge in [0, 0.05) is 0 Å². The van der Waals surface area contributed by atoms with Crippen LogP contribution in [0.3, 0.4) is 0 Å². The van der Waals surface area contributed by atoms with Gasteiger partial charge in [0.15, 0.2) is 11.5 Å². The van der Waals surface area contributed by atoms with Crippen molar-refractivity contribution in [2.45, 2.75) is 26.6 Å². The van der Waals surface area contributed by atoms with Gasteiger partial charge in [-0.3, -0.25) is 0 Å². The molecule has 2 aromatic carbocycles. The van der Waals surface area contributed by atoms with E-state index >= 15 is 0 Å². The quantitative estimate of drug-likeness (QED) is 0.878. The summed E-state index contributed by atoms with van der Waals surface area (Å²) in [6, 6.07) is 14.1. The van der Waals surface area contributed by atoms with E-state index in [1.165, 1.54) is 0 Å². The predicted molar refractivity (Wildman–Crippen MR) is 79.9 cm³/mol.